The fraction of sp³-hybridized carbons (Fsp3) is 0.360. The molecule has 1 saturated heterocycles. The van der Waals surface area contributed by atoms with Gasteiger partial charge in [0, 0.05) is 59.7 Å². The zero-order chi connectivity index (χ0) is 24.6. The average Bonchev–Trinajstić information content (AvgIpc) is 3.38. The molecule has 1 aliphatic rings. The Hall–Kier alpha value is -3.92. The summed E-state index contributed by atoms with van der Waals surface area (Å²) < 4.78 is 15.3. The molecule has 4 aromatic heterocycles. The second kappa shape index (κ2) is 9.03. The van der Waals surface area contributed by atoms with Crippen LogP contribution in [0, 0.1) is 12.8 Å². The van der Waals surface area contributed by atoms with Gasteiger partial charge in [-0.2, -0.15) is 10.2 Å². The first-order valence-corrected chi connectivity index (χ1v) is 11.6. The van der Waals surface area contributed by atoms with Crippen molar-refractivity contribution in [2.24, 2.45) is 5.92 Å². The third kappa shape index (κ3) is 4.83. The molecular formula is C25H29N7O3. The van der Waals surface area contributed by atoms with Crippen LogP contribution in [0.1, 0.15) is 32.0 Å². The molecule has 0 saturated carbocycles. The van der Waals surface area contributed by atoms with Crippen LogP contribution < -0.4 is 15.4 Å². The van der Waals surface area contributed by atoms with Crippen molar-refractivity contribution in [3.05, 3.63) is 54.0 Å². The summed E-state index contributed by atoms with van der Waals surface area (Å²) in [6, 6.07) is 9.34. The van der Waals surface area contributed by atoms with Gasteiger partial charge in [-0.3, -0.25) is 9.48 Å². The van der Waals surface area contributed by atoms with Crippen molar-refractivity contribution in [2.45, 2.75) is 39.7 Å². The van der Waals surface area contributed by atoms with Crippen LogP contribution >= 0.6 is 0 Å². The molecule has 5 rings (SSSR count). The largest absolute Gasteiger partial charge is 0.457 e. The SMILES string of the molecule is Cc1c(Oc2ccnc(NC=O)c2)ccn2nc(Nc3cc(C(C)(C)C)n(CC4COC4)n3)cc12. The third-order valence-electron chi connectivity index (χ3n) is 5.97. The second-order valence-corrected chi connectivity index (χ2v) is 9.78. The highest BCUT2D eigenvalue weighted by atomic mass is 16.5. The zero-order valence-electron chi connectivity index (χ0n) is 20.3. The minimum absolute atomic E-state index is 0.0344. The summed E-state index contributed by atoms with van der Waals surface area (Å²) in [4.78, 5) is 14.8. The molecule has 35 heavy (non-hydrogen) atoms. The summed E-state index contributed by atoms with van der Waals surface area (Å²) in [6.07, 6.45) is 4.02. The Labute approximate surface area is 203 Å². The minimum atomic E-state index is -0.0344. The lowest BCUT2D eigenvalue weighted by molar-refractivity contribution is -0.105. The molecule has 0 aromatic carbocycles. The Bertz CT molecular complexity index is 1370. The highest BCUT2D eigenvalue weighted by Gasteiger charge is 2.26. The summed E-state index contributed by atoms with van der Waals surface area (Å²) in [6.45, 7) is 11.0. The standard InChI is InChI=1S/C25H29N7O3/c1-16-19-10-23(28-24-11-21(25(2,3)4)32(30-24)12-17-13-34-14-17)29-31(19)8-6-20(16)35-18-5-7-26-22(9-18)27-15-33/h5-11,15,17H,12-14H2,1-4H3,(H,26,27,33)(H,28,29,30). The lowest BCUT2D eigenvalue weighted by Gasteiger charge is -2.28. The molecule has 1 fully saturated rings. The van der Waals surface area contributed by atoms with Crippen molar-refractivity contribution in [2.75, 3.05) is 23.8 Å². The van der Waals surface area contributed by atoms with Gasteiger partial charge in [0.25, 0.3) is 0 Å². The maximum absolute atomic E-state index is 10.7. The topological polar surface area (TPSA) is 108 Å². The number of pyridine rings is 2. The minimum Gasteiger partial charge on any atom is -0.457 e. The van der Waals surface area contributed by atoms with Gasteiger partial charge in [-0.1, -0.05) is 20.8 Å². The van der Waals surface area contributed by atoms with Crippen LogP contribution in [0.15, 0.2) is 42.7 Å². The highest BCUT2D eigenvalue weighted by molar-refractivity contribution is 5.70. The van der Waals surface area contributed by atoms with Crippen molar-refractivity contribution in [3.63, 3.8) is 0 Å². The summed E-state index contributed by atoms with van der Waals surface area (Å²) in [5, 5.41) is 15.4. The maximum Gasteiger partial charge on any atom is 0.212 e. The maximum atomic E-state index is 10.7. The first-order valence-electron chi connectivity index (χ1n) is 11.6. The average molecular weight is 476 g/mol. The molecule has 5 heterocycles. The monoisotopic (exact) mass is 475 g/mol. The van der Waals surface area contributed by atoms with E-state index in [1.165, 1.54) is 5.69 Å². The van der Waals surface area contributed by atoms with Crippen LogP contribution in [-0.4, -0.2) is 44.0 Å². The predicted molar refractivity (Wildman–Crippen MR) is 132 cm³/mol. The van der Waals surface area contributed by atoms with Gasteiger partial charge in [0.1, 0.15) is 17.3 Å². The molecule has 10 nitrogen and oxygen atoms in total. The molecular weight excluding hydrogens is 446 g/mol. The van der Waals surface area contributed by atoms with Crippen molar-refractivity contribution >= 4 is 29.4 Å². The number of rotatable bonds is 8. The number of hydrogen-bond acceptors (Lipinski definition) is 7. The lowest BCUT2D eigenvalue weighted by atomic mass is 9.92. The summed E-state index contributed by atoms with van der Waals surface area (Å²) in [7, 11) is 0. The van der Waals surface area contributed by atoms with Crippen LogP contribution in [0.25, 0.3) is 5.52 Å². The van der Waals surface area contributed by atoms with Crippen molar-refractivity contribution in [1.29, 1.82) is 0 Å². The molecule has 0 atom stereocenters. The smallest absolute Gasteiger partial charge is 0.212 e. The Kier molecular flexibility index (Phi) is 5.89. The van der Waals surface area contributed by atoms with Crippen LogP contribution in [0.3, 0.4) is 0 Å². The molecule has 1 aliphatic heterocycles. The van der Waals surface area contributed by atoms with Crippen LogP contribution in [0.4, 0.5) is 17.5 Å². The number of nitrogens with zero attached hydrogens (tertiary/aromatic N) is 5. The van der Waals surface area contributed by atoms with Gasteiger partial charge in [-0.05, 0) is 19.1 Å². The van der Waals surface area contributed by atoms with Crippen LogP contribution in [0.2, 0.25) is 0 Å². The van der Waals surface area contributed by atoms with E-state index < -0.39 is 0 Å². The fourth-order valence-electron chi connectivity index (χ4n) is 4.08. The summed E-state index contributed by atoms with van der Waals surface area (Å²) in [5.74, 6) is 3.65. The molecule has 1 amide bonds. The van der Waals surface area contributed by atoms with Gasteiger partial charge < -0.3 is 20.1 Å². The first kappa shape index (κ1) is 22.9. The number of amides is 1. The summed E-state index contributed by atoms with van der Waals surface area (Å²) in [5.41, 5.74) is 2.98. The van der Waals surface area contributed by atoms with Crippen molar-refractivity contribution in [1.82, 2.24) is 24.4 Å². The number of carbonyl (C=O) groups is 1. The lowest BCUT2D eigenvalue weighted by Crippen LogP contribution is -2.33. The van der Waals surface area contributed by atoms with E-state index >= 15 is 0 Å². The molecule has 0 unspecified atom stereocenters. The van der Waals surface area contributed by atoms with Crippen LogP contribution in [0.5, 0.6) is 11.5 Å². The first-order chi connectivity index (χ1) is 16.8. The van der Waals surface area contributed by atoms with E-state index in [2.05, 4.69) is 52.2 Å². The normalized spacial score (nSPS) is 14.1. The van der Waals surface area contributed by atoms with E-state index in [4.69, 9.17) is 14.6 Å². The molecule has 10 heteroatoms. The number of hydrogen-bond donors (Lipinski definition) is 2. The van der Waals surface area contributed by atoms with Gasteiger partial charge in [-0.15, -0.1) is 0 Å². The molecule has 0 radical (unpaired) electrons. The number of ether oxygens (including phenoxy) is 2. The van der Waals surface area contributed by atoms with Crippen molar-refractivity contribution in [3.8, 4) is 11.5 Å². The molecule has 2 N–H and O–H groups in total. The number of anilines is 3. The quantitative estimate of drug-likeness (QED) is 0.366. The van der Waals surface area contributed by atoms with E-state index in [-0.39, 0.29) is 5.41 Å². The molecule has 0 spiro atoms. The summed E-state index contributed by atoms with van der Waals surface area (Å²) >= 11 is 0. The number of fused-ring (bicyclic) bond motifs is 1. The number of carbonyl (C=O) groups excluding carboxylic acids is 1. The molecule has 4 aromatic rings. The van der Waals surface area contributed by atoms with E-state index in [1.54, 1.807) is 18.3 Å². The van der Waals surface area contributed by atoms with Gasteiger partial charge in [0.2, 0.25) is 6.41 Å². The number of aromatic nitrogens is 5. The van der Waals surface area contributed by atoms with Crippen LogP contribution in [-0.2, 0) is 21.5 Å². The zero-order valence-corrected chi connectivity index (χ0v) is 20.3. The van der Waals surface area contributed by atoms with Crippen molar-refractivity contribution < 1.29 is 14.3 Å². The van der Waals surface area contributed by atoms with E-state index in [1.807, 2.05) is 29.8 Å². The van der Waals surface area contributed by atoms with Gasteiger partial charge in [0.15, 0.2) is 11.6 Å². The van der Waals surface area contributed by atoms with E-state index in [0.717, 1.165) is 36.7 Å². The second-order valence-electron chi connectivity index (χ2n) is 9.78. The highest BCUT2D eigenvalue weighted by Crippen LogP contribution is 2.31. The Balaban J connectivity index is 1.39. The third-order valence-corrected chi connectivity index (χ3v) is 5.97. The molecule has 182 valence electrons. The Morgan fingerprint density at radius 3 is 2.66 bits per heavy atom. The molecule has 0 aliphatic carbocycles. The van der Waals surface area contributed by atoms with Gasteiger partial charge in [0.05, 0.1) is 18.7 Å². The van der Waals surface area contributed by atoms with Gasteiger partial charge in [-0.25, -0.2) is 9.50 Å². The number of aryl methyl sites for hydroxylation is 1. The van der Waals surface area contributed by atoms with E-state index in [0.29, 0.717) is 35.5 Å². The number of nitrogens with one attached hydrogen (secondary N) is 2. The fourth-order valence-corrected chi connectivity index (χ4v) is 4.08. The molecule has 0 bridgehead atoms. The Morgan fingerprint density at radius 2 is 1.94 bits per heavy atom. The Morgan fingerprint density at radius 1 is 1.14 bits per heavy atom. The van der Waals surface area contributed by atoms with Gasteiger partial charge >= 0.3 is 0 Å². The predicted octanol–water partition coefficient (Wildman–Crippen LogP) is 4.28. The van der Waals surface area contributed by atoms with E-state index in [9.17, 15) is 4.79 Å².